The van der Waals surface area contributed by atoms with E-state index in [1.807, 2.05) is 0 Å². The van der Waals surface area contributed by atoms with Crippen molar-refractivity contribution in [2.45, 2.75) is 78.7 Å². The molecule has 0 aromatic heterocycles. The molecule has 0 fully saturated rings. The van der Waals surface area contributed by atoms with Crippen molar-refractivity contribution < 1.29 is 27.3 Å². The van der Waals surface area contributed by atoms with Gasteiger partial charge < -0.3 is 10.2 Å². The van der Waals surface area contributed by atoms with Crippen molar-refractivity contribution in [1.82, 2.24) is 10.6 Å². The maximum Gasteiger partial charge on any atom is 0.104 e. The van der Waals surface area contributed by atoms with Gasteiger partial charge >= 0.3 is 0 Å². The predicted molar refractivity (Wildman–Crippen MR) is 78.4 cm³/mol. The molecule has 0 aliphatic rings. The summed E-state index contributed by atoms with van der Waals surface area (Å²) >= 11 is 0. The van der Waals surface area contributed by atoms with E-state index in [1.54, 1.807) is 0 Å². The topological polar surface area (TPSA) is 64.5 Å². The molecule has 0 aliphatic heterocycles. The fourth-order valence-corrected chi connectivity index (χ4v) is 1.37. The quantitative estimate of drug-likeness (QED) is 0.367. The van der Waals surface area contributed by atoms with Gasteiger partial charge in [0.15, 0.2) is 0 Å². The molecule has 5 heteroatoms. The van der Waals surface area contributed by atoms with Crippen LogP contribution in [0.25, 0.3) is 0 Å². The summed E-state index contributed by atoms with van der Waals surface area (Å²) in [4.78, 5) is 0. The molecule has 4 nitrogen and oxygen atoms in total. The molecular weight excluding hydrogens is 292 g/mol. The van der Waals surface area contributed by atoms with Crippen LogP contribution in [-0.2, 0) is 17.1 Å². The number of aliphatic hydroxyl groups is 2. The van der Waals surface area contributed by atoms with Gasteiger partial charge in [-0.05, 0) is 38.8 Å². The molecule has 0 aromatic carbocycles. The van der Waals surface area contributed by atoms with Crippen molar-refractivity contribution in [1.29, 1.82) is 0 Å². The second-order valence-electron chi connectivity index (χ2n) is 4.52. The largest absolute Gasteiger partial charge is 0.379 e. The van der Waals surface area contributed by atoms with E-state index >= 15 is 0 Å². The molecule has 0 bridgehead atoms. The Balaban J connectivity index is -0.000000256. The van der Waals surface area contributed by atoms with Gasteiger partial charge in [0, 0.05) is 17.1 Å². The van der Waals surface area contributed by atoms with Gasteiger partial charge in [-0.3, -0.25) is 10.6 Å². The first-order valence-corrected chi connectivity index (χ1v) is 7.45. The second-order valence-corrected chi connectivity index (χ2v) is 4.52. The van der Waals surface area contributed by atoms with Gasteiger partial charge in [0.1, 0.15) is 12.5 Å². The molecular formula is C14H34CuN2O2. The summed E-state index contributed by atoms with van der Waals surface area (Å²) in [6.45, 7) is 10.1. The SMILES string of the molecule is CCCNC(O)CCC.CCCNC(O)CCC.[Cu]. The average molecular weight is 326 g/mol. The Morgan fingerprint density at radius 3 is 1.21 bits per heavy atom. The van der Waals surface area contributed by atoms with Crippen LogP contribution in [0.4, 0.5) is 0 Å². The number of hydrogen-bond donors (Lipinski definition) is 4. The summed E-state index contributed by atoms with van der Waals surface area (Å²) in [5, 5.41) is 24.1. The molecule has 0 amide bonds. The molecule has 1 radical (unpaired) electrons. The summed E-state index contributed by atoms with van der Waals surface area (Å²) in [7, 11) is 0. The molecule has 0 heterocycles. The molecule has 123 valence electrons. The van der Waals surface area contributed by atoms with E-state index in [4.69, 9.17) is 10.2 Å². The summed E-state index contributed by atoms with van der Waals surface area (Å²) in [5.74, 6) is 0. The van der Waals surface area contributed by atoms with Crippen LogP contribution in [0.3, 0.4) is 0 Å². The zero-order valence-corrected chi connectivity index (χ0v) is 13.9. The van der Waals surface area contributed by atoms with Crippen molar-refractivity contribution in [3.8, 4) is 0 Å². The molecule has 0 spiro atoms. The Morgan fingerprint density at radius 2 is 1.00 bits per heavy atom. The van der Waals surface area contributed by atoms with Crippen LogP contribution >= 0.6 is 0 Å². The van der Waals surface area contributed by atoms with E-state index in [1.165, 1.54) is 0 Å². The fraction of sp³-hybridized carbons (Fsp3) is 1.00. The van der Waals surface area contributed by atoms with E-state index in [0.29, 0.717) is 0 Å². The fourth-order valence-electron chi connectivity index (χ4n) is 1.37. The summed E-state index contributed by atoms with van der Waals surface area (Å²) in [5.41, 5.74) is 0. The average Bonchev–Trinajstić information content (AvgIpc) is 2.35. The molecule has 0 saturated carbocycles. The van der Waals surface area contributed by atoms with Gasteiger partial charge in [0.05, 0.1) is 0 Å². The Bertz CT molecular complexity index is 135. The van der Waals surface area contributed by atoms with E-state index < -0.39 is 0 Å². The first-order chi connectivity index (χ1) is 8.62. The molecule has 19 heavy (non-hydrogen) atoms. The van der Waals surface area contributed by atoms with Gasteiger partial charge in [-0.1, -0.05) is 40.5 Å². The van der Waals surface area contributed by atoms with Gasteiger partial charge in [-0.25, -0.2) is 0 Å². The molecule has 2 unspecified atom stereocenters. The van der Waals surface area contributed by atoms with Crippen LogP contribution in [0.2, 0.25) is 0 Å². The summed E-state index contributed by atoms with van der Waals surface area (Å²) in [6.07, 6.45) is 5.40. The minimum Gasteiger partial charge on any atom is -0.379 e. The molecule has 0 saturated heterocycles. The number of nitrogens with one attached hydrogen (secondary N) is 2. The maximum absolute atomic E-state index is 9.07. The minimum atomic E-state index is -0.282. The van der Waals surface area contributed by atoms with Gasteiger partial charge in [-0.2, -0.15) is 0 Å². The zero-order valence-electron chi connectivity index (χ0n) is 13.0. The Morgan fingerprint density at radius 1 is 0.684 bits per heavy atom. The summed E-state index contributed by atoms with van der Waals surface area (Å²) < 4.78 is 0. The Labute approximate surface area is 130 Å². The monoisotopic (exact) mass is 325 g/mol. The Hall–Kier alpha value is 0.359. The van der Waals surface area contributed by atoms with Crippen LogP contribution in [-0.4, -0.2) is 35.8 Å². The number of aliphatic hydroxyl groups excluding tert-OH is 2. The van der Waals surface area contributed by atoms with Gasteiger partial charge in [-0.15, -0.1) is 0 Å². The molecule has 2 atom stereocenters. The zero-order chi connectivity index (χ0) is 14.2. The molecule has 0 aromatic rings. The van der Waals surface area contributed by atoms with Crippen LogP contribution in [0, 0.1) is 0 Å². The maximum atomic E-state index is 9.07. The minimum absolute atomic E-state index is 0. The number of rotatable bonds is 10. The summed E-state index contributed by atoms with van der Waals surface area (Å²) in [6, 6.07) is 0. The number of hydrogen-bond acceptors (Lipinski definition) is 4. The molecule has 0 aliphatic carbocycles. The van der Waals surface area contributed by atoms with E-state index in [9.17, 15) is 0 Å². The standard InChI is InChI=1S/2C7H17NO.Cu/c2*1-3-5-7(9)8-6-4-2;/h2*7-9H,3-6H2,1-2H3;. The van der Waals surface area contributed by atoms with Crippen molar-refractivity contribution >= 4 is 0 Å². The third-order valence-corrected chi connectivity index (χ3v) is 2.38. The molecule has 0 rings (SSSR count). The predicted octanol–water partition coefficient (Wildman–Crippen LogP) is 2.21. The first-order valence-electron chi connectivity index (χ1n) is 7.45. The van der Waals surface area contributed by atoms with Gasteiger partial charge in [0.25, 0.3) is 0 Å². The van der Waals surface area contributed by atoms with Crippen molar-refractivity contribution in [2.24, 2.45) is 0 Å². The third kappa shape index (κ3) is 23.8. The normalized spacial score (nSPS) is 12.9. The second kappa shape index (κ2) is 20.7. The smallest absolute Gasteiger partial charge is 0.104 e. The van der Waals surface area contributed by atoms with Crippen LogP contribution < -0.4 is 10.6 Å². The first kappa shape index (κ1) is 24.4. The van der Waals surface area contributed by atoms with Crippen molar-refractivity contribution in [2.75, 3.05) is 13.1 Å². The van der Waals surface area contributed by atoms with Crippen molar-refractivity contribution in [3.63, 3.8) is 0 Å². The van der Waals surface area contributed by atoms with E-state index in [0.717, 1.165) is 51.6 Å². The molecule has 4 N–H and O–H groups in total. The van der Waals surface area contributed by atoms with Crippen LogP contribution in [0.5, 0.6) is 0 Å². The Kier molecular flexibility index (Phi) is 26.5. The van der Waals surface area contributed by atoms with Gasteiger partial charge in [0.2, 0.25) is 0 Å². The van der Waals surface area contributed by atoms with Crippen molar-refractivity contribution in [3.05, 3.63) is 0 Å². The third-order valence-electron chi connectivity index (χ3n) is 2.38. The van der Waals surface area contributed by atoms with Crippen LogP contribution in [0.1, 0.15) is 66.2 Å². The van der Waals surface area contributed by atoms with Crippen LogP contribution in [0.15, 0.2) is 0 Å². The van der Waals surface area contributed by atoms with E-state index in [2.05, 4.69) is 38.3 Å². The van der Waals surface area contributed by atoms with E-state index in [-0.39, 0.29) is 29.5 Å².